The Morgan fingerprint density at radius 2 is 1.49 bits per heavy atom. The zero-order valence-electron chi connectivity index (χ0n) is 33.1. The summed E-state index contributed by atoms with van der Waals surface area (Å²) in [5.41, 5.74) is 0.421. The molecule has 2 aromatic carbocycles. The second-order valence-corrected chi connectivity index (χ2v) is 15.8. The number of methoxy groups -OCH3 is 1. The van der Waals surface area contributed by atoms with Crippen LogP contribution in [-0.2, 0) is 30.9 Å². The second kappa shape index (κ2) is 19.3. The highest BCUT2D eigenvalue weighted by molar-refractivity contribution is 5.82. The van der Waals surface area contributed by atoms with Crippen LogP contribution >= 0.6 is 0 Å². The zero-order valence-corrected chi connectivity index (χ0v) is 33.1. The largest absolute Gasteiger partial charge is 0.493 e. The molecular formula is C45H65NO7. The molecule has 8 nitrogen and oxygen atoms in total. The second-order valence-electron chi connectivity index (χ2n) is 15.8. The van der Waals surface area contributed by atoms with Gasteiger partial charge in [0.05, 0.1) is 18.1 Å². The molecule has 5 rings (SSSR count). The first-order chi connectivity index (χ1) is 25.7. The van der Waals surface area contributed by atoms with Crippen LogP contribution in [0.15, 0.2) is 54.3 Å². The van der Waals surface area contributed by atoms with Crippen LogP contribution in [0.2, 0.25) is 0 Å². The Bertz CT molecular complexity index is 1520. The standard InChI is InChI=1S/C45H65NO7/c1-6-8-9-10-11-12-13-14-15-16-17-18-19-20-24-27-38(47)52-40(33-25-22-21-23-26-33)43(48)51-36-30-31-45(49)37(46(4)7-2)32-34-28-29-35(50-5)41-39(34)44(45,3)42(36)53-41/h21-23,25-26,28-30,37,40,42,49H,6-20,24,27,31-32H2,1-5H3/t37-,40+,42+,44+,45-/m1/s1. The van der Waals surface area contributed by atoms with Crippen LogP contribution in [-0.4, -0.2) is 60.4 Å². The number of rotatable bonds is 23. The minimum atomic E-state index is -1.23. The minimum absolute atomic E-state index is 0.179. The van der Waals surface area contributed by atoms with E-state index in [2.05, 4.69) is 24.8 Å². The average Bonchev–Trinajstić information content (AvgIpc) is 3.50. The summed E-state index contributed by atoms with van der Waals surface area (Å²) in [5, 5.41) is 12.6. The summed E-state index contributed by atoms with van der Waals surface area (Å²) in [6, 6.07) is 12.8. The number of unbranched alkanes of at least 4 members (excludes halogenated alkanes) is 14. The summed E-state index contributed by atoms with van der Waals surface area (Å²) < 4.78 is 24.3. The molecule has 292 valence electrons. The molecule has 1 heterocycles. The molecule has 1 N–H and O–H groups in total. The van der Waals surface area contributed by atoms with Crippen molar-refractivity contribution in [2.24, 2.45) is 0 Å². The number of carbonyl (C=O) groups is 2. The monoisotopic (exact) mass is 731 g/mol. The van der Waals surface area contributed by atoms with E-state index in [0.29, 0.717) is 29.2 Å². The first kappa shape index (κ1) is 40.8. The summed E-state index contributed by atoms with van der Waals surface area (Å²) in [6.07, 6.45) is 19.7. The van der Waals surface area contributed by atoms with Crippen molar-refractivity contribution in [2.45, 2.75) is 166 Å². The lowest BCUT2D eigenvalue weighted by Gasteiger charge is -2.56. The molecule has 0 saturated carbocycles. The van der Waals surface area contributed by atoms with E-state index in [1.54, 1.807) is 25.3 Å². The van der Waals surface area contributed by atoms with E-state index >= 15 is 0 Å². The van der Waals surface area contributed by atoms with Gasteiger partial charge in [-0.15, -0.1) is 0 Å². The summed E-state index contributed by atoms with van der Waals surface area (Å²) in [5.74, 6) is 0.356. The van der Waals surface area contributed by atoms with Gasteiger partial charge in [-0.2, -0.15) is 0 Å². The summed E-state index contributed by atoms with van der Waals surface area (Å²) in [4.78, 5) is 29.3. The van der Waals surface area contributed by atoms with E-state index in [1.165, 1.54) is 77.0 Å². The van der Waals surface area contributed by atoms with Crippen LogP contribution in [0.4, 0.5) is 0 Å². The maximum atomic E-state index is 14.0. The van der Waals surface area contributed by atoms with E-state index in [9.17, 15) is 14.7 Å². The van der Waals surface area contributed by atoms with Gasteiger partial charge >= 0.3 is 11.9 Å². The normalized spacial score (nSPS) is 23.2. The van der Waals surface area contributed by atoms with Gasteiger partial charge in [0.15, 0.2) is 17.6 Å². The fourth-order valence-corrected chi connectivity index (χ4v) is 8.93. The van der Waals surface area contributed by atoms with Crippen LogP contribution in [0.25, 0.3) is 0 Å². The molecule has 0 saturated heterocycles. The van der Waals surface area contributed by atoms with Crippen molar-refractivity contribution in [1.29, 1.82) is 0 Å². The zero-order chi connectivity index (χ0) is 37.8. The molecule has 0 fully saturated rings. The van der Waals surface area contributed by atoms with Gasteiger partial charge in [-0.3, -0.25) is 4.79 Å². The van der Waals surface area contributed by atoms with Gasteiger partial charge in [0.1, 0.15) is 5.76 Å². The topological polar surface area (TPSA) is 94.5 Å². The molecule has 8 heteroatoms. The summed E-state index contributed by atoms with van der Waals surface area (Å²) >= 11 is 0. The highest BCUT2D eigenvalue weighted by atomic mass is 16.6. The van der Waals surface area contributed by atoms with E-state index in [-0.39, 0.29) is 18.9 Å². The van der Waals surface area contributed by atoms with Crippen LogP contribution < -0.4 is 9.47 Å². The van der Waals surface area contributed by atoms with Crippen LogP contribution in [0.3, 0.4) is 0 Å². The smallest absolute Gasteiger partial charge is 0.357 e. The molecule has 0 bridgehead atoms. The van der Waals surface area contributed by atoms with Crippen molar-refractivity contribution >= 4 is 11.9 Å². The molecule has 0 spiro atoms. The maximum Gasteiger partial charge on any atom is 0.357 e. The molecule has 53 heavy (non-hydrogen) atoms. The number of hydrogen-bond donors (Lipinski definition) is 1. The fourth-order valence-electron chi connectivity index (χ4n) is 8.93. The molecule has 0 amide bonds. The number of esters is 2. The van der Waals surface area contributed by atoms with Gasteiger partial charge in [0, 0.05) is 30.0 Å². The number of nitrogens with zero attached hydrogens (tertiary/aromatic N) is 1. The molecule has 2 aliphatic carbocycles. The molecule has 0 radical (unpaired) electrons. The molecule has 0 unspecified atom stereocenters. The van der Waals surface area contributed by atoms with Gasteiger partial charge in [-0.25, -0.2) is 4.79 Å². The number of likely N-dealkylation sites (N-methyl/N-ethyl adjacent to an activating group) is 1. The van der Waals surface area contributed by atoms with Crippen molar-refractivity contribution in [3.63, 3.8) is 0 Å². The SMILES string of the molecule is CCCCCCCCCCCCCCCCCC(=O)O[C@H](C(=O)OC1=CC[C@@]2(O)[C@H](N(C)CC)Cc3ccc(OC)c4c3[C@@]2(C)[C@H]1O4)c1ccccc1. The molecule has 2 aromatic rings. The van der Waals surface area contributed by atoms with Crippen molar-refractivity contribution < 1.29 is 33.6 Å². The quantitative estimate of drug-likeness (QED) is 0.0892. The first-order valence-electron chi connectivity index (χ1n) is 20.6. The van der Waals surface area contributed by atoms with E-state index in [1.807, 2.05) is 38.2 Å². The number of hydrogen-bond acceptors (Lipinski definition) is 8. The van der Waals surface area contributed by atoms with Crippen molar-refractivity contribution in [3.8, 4) is 11.5 Å². The Hall–Kier alpha value is -3.36. The number of benzene rings is 2. The fraction of sp³-hybridized carbons (Fsp3) is 0.644. The van der Waals surface area contributed by atoms with E-state index < -0.39 is 35.2 Å². The van der Waals surface area contributed by atoms with Crippen molar-refractivity contribution in [3.05, 3.63) is 71.0 Å². The average molecular weight is 732 g/mol. The third kappa shape index (κ3) is 9.13. The van der Waals surface area contributed by atoms with E-state index in [4.69, 9.17) is 18.9 Å². The van der Waals surface area contributed by atoms with Gasteiger partial charge in [0.25, 0.3) is 0 Å². The Balaban J connectivity index is 1.16. The molecular weight excluding hydrogens is 666 g/mol. The van der Waals surface area contributed by atoms with Crippen LogP contribution in [0.1, 0.15) is 153 Å². The highest BCUT2D eigenvalue weighted by Gasteiger charge is 2.68. The Morgan fingerprint density at radius 3 is 2.08 bits per heavy atom. The van der Waals surface area contributed by atoms with Crippen molar-refractivity contribution in [2.75, 3.05) is 20.7 Å². The predicted octanol–water partition coefficient (Wildman–Crippen LogP) is 9.70. The lowest BCUT2D eigenvalue weighted by atomic mass is 9.54. The first-order valence-corrected chi connectivity index (χ1v) is 20.6. The number of ether oxygens (including phenoxy) is 4. The number of aliphatic hydroxyl groups is 1. The van der Waals surface area contributed by atoms with Crippen LogP contribution in [0.5, 0.6) is 11.5 Å². The Kier molecular flexibility index (Phi) is 14.9. The van der Waals surface area contributed by atoms with Crippen LogP contribution in [0, 0.1) is 0 Å². The predicted molar refractivity (Wildman–Crippen MR) is 209 cm³/mol. The highest BCUT2D eigenvalue weighted by Crippen LogP contribution is 2.62. The third-order valence-electron chi connectivity index (χ3n) is 12.2. The molecule has 0 aromatic heterocycles. The minimum Gasteiger partial charge on any atom is -0.493 e. The summed E-state index contributed by atoms with van der Waals surface area (Å²) in [6.45, 7) is 7.12. The molecule has 5 atom stereocenters. The maximum absolute atomic E-state index is 14.0. The Morgan fingerprint density at radius 1 is 0.887 bits per heavy atom. The summed E-state index contributed by atoms with van der Waals surface area (Å²) in [7, 11) is 3.63. The Labute approximate surface area is 318 Å². The molecule has 1 aliphatic heterocycles. The van der Waals surface area contributed by atoms with Crippen molar-refractivity contribution in [1.82, 2.24) is 4.90 Å². The van der Waals surface area contributed by atoms with Gasteiger partial charge in [0.2, 0.25) is 6.10 Å². The lowest BCUT2D eigenvalue weighted by molar-refractivity contribution is -0.169. The van der Waals surface area contributed by atoms with E-state index in [0.717, 1.165) is 36.9 Å². The number of carbonyl (C=O) groups excluding carboxylic acids is 2. The lowest BCUT2D eigenvalue weighted by Crippen LogP contribution is -2.69. The molecule has 3 aliphatic rings. The van der Waals surface area contributed by atoms with Gasteiger partial charge in [-0.05, 0) is 51.1 Å². The van der Waals surface area contributed by atoms with Gasteiger partial charge < -0.3 is 29.0 Å². The third-order valence-corrected chi connectivity index (χ3v) is 12.2. The van der Waals surface area contributed by atoms with Gasteiger partial charge in [-0.1, -0.05) is 140 Å².